The third kappa shape index (κ3) is 4.09. The standard InChI is InChI=1S/C15H21ClN2O3/c1-3-21-14-5-4-11(16)6-10(14)9-18(2)15(20)13-7-12(19)8-17-13/h4-6,12-13,17,19H,3,7-9H2,1-2H3/t12-,13-/m1/s1. The SMILES string of the molecule is CCOc1ccc(Cl)cc1CN(C)C(=O)[C@H]1C[C@@H](O)CN1. The van der Waals surface area contributed by atoms with Crippen LogP contribution in [0.4, 0.5) is 0 Å². The van der Waals surface area contributed by atoms with Gasteiger partial charge in [-0.05, 0) is 31.5 Å². The molecule has 116 valence electrons. The first-order chi connectivity index (χ1) is 10.0. The number of β-amino-alcohol motifs (C(OH)–C–C–N with tert-alkyl or cyclic N) is 1. The van der Waals surface area contributed by atoms with E-state index >= 15 is 0 Å². The smallest absolute Gasteiger partial charge is 0.239 e. The third-order valence-electron chi connectivity index (χ3n) is 3.51. The van der Waals surface area contributed by atoms with Gasteiger partial charge in [-0.25, -0.2) is 0 Å². The van der Waals surface area contributed by atoms with Gasteiger partial charge in [-0.15, -0.1) is 0 Å². The van der Waals surface area contributed by atoms with Crippen LogP contribution in [0.25, 0.3) is 0 Å². The number of ether oxygens (including phenoxy) is 1. The molecule has 0 spiro atoms. The summed E-state index contributed by atoms with van der Waals surface area (Å²) in [5.74, 6) is 0.704. The number of hydrogen-bond acceptors (Lipinski definition) is 4. The fraction of sp³-hybridized carbons (Fsp3) is 0.533. The molecule has 2 N–H and O–H groups in total. The average Bonchev–Trinajstić information content (AvgIpc) is 2.87. The van der Waals surface area contributed by atoms with Crippen LogP contribution in [0.15, 0.2) is 18.2 Å². The summed E-state index contributed by atoms with van der Waals surface area (Å²) in [6, 6.07) is 5.08. The number of aliphatic hydroxyl groups is 1. The average molecular weight is 313 g/mol. The van der Waals surface area contributed by atoms with Gasteiger partial charge in [0, 0.05) is 30.7 Å². The Labute approximate surface area is 129 Å². The Bertz CT molecular complexity index is 510. The van der Waals surface area contributed by atoms with Crippen LogP contribution in [-0.2, 0) is 11.3 Å². The van der Waals surface area contributed by atoms with Gasteiger partial charge in [0.25, 0.3) is 0 Å². The number of hydrogen-bond donors (Lipinski definition) is 2. The second-order valence-corrected chi connectivity index (χ2v) is 5.67. The molecule has 0 saturated carbocycles. The van der Waals surface area contributed by atoms with Crippen molar-refractivity contribution < 1.29 is 14.6 Å². The topological polar surface area (TPSA) is 61.8 Å². The number of nitrogens with zero attached hydrogens (tertiary/aromatic N) is 1. The number of benzene rings is 1. The van der Waals surface area contributed by atoms with Crippen molar-refractivity contribution in [3.05, 3.63) is 28.8 Å². The van der Waals surface area contributed by atoms with E-state index in [0.29, 0.717) is 31.1 Å². The largest absolute Gasteiger partial charge is 0.494 e. The van der Waals surface area contributed by atoms with Gasteiger partial charge in [0.15, 0.2) is 0 Å². The first kappa shape index (κ1) is 16.1. The number of carbonyl (C=O) groups excluding carboxylic acids is 1. The number of rotatable bonds is 5. The number of nitrogens with one attached hydrogen (secondary N) is 1. The Hall–Kier alpha value is -1.30. The highest BCUT2D eigenvalue weighted by molar-refractivity contribution is 6.30. The molecule has 0 aliphatic carbocycles. The fourth-order valence-corrected chi connectivity index (χ4v) is 2.67. The van der Waals surface area contributed by atoms with Crippen LogP contribution in [0.3, 0.4) is 0 Å². The molecule has 1 aromatic rings. The molecule has 1 amide bonds. The van der Waals surface area contributed by atoms with E-state index in [4.69, 9.17) is 16.3 Å². The molecule has 1 aromatic carbocycles. The zero-order chi connectivity index (χ0) is 15.4. The highest BCUT2D eigenvalue weighted by atomic mass is 35.5. The van der Waals surface area contributed by atoms with E-state index in [-0.39, 0.29) is 11.9 Å². The molecule has 0 unspecified atom stereocenters. The van der Waals surface area contributed by atoms with Gasteiger partial charge in [0.05, 0.1) is 18.8 Å². The van der Waals surface area contributed by atoms with Gasteiger partial charge >= 0.3 is 0 Å². The lowest BCUT2D eigenvalue weighted by molar-refractivity contribution is -0.132. The van der Waals surface area contributed by atoms with E-state index in [1.165, 1.54) is 0 Å². The molecule has 1 heterocycles. The molecule has 6 heteroatoms. The van der Waals surface area contributed by atoms with Crippen LogP contribution >= 0.6 is 11.6 Å². The van der Waals surface area contributed by atoms with E-state index in [1.807, 2.05) is 19.1 Å². The van der Waals surface area contributed by atoms with E-state index in [2.05, 4.69) is 5.32 Å². The summed E-state index contributed by atoms with van der Waals surface area (Å²) in [6.45, 7) is 3.36. The lowest BCUT2D eigenvalue weighted by Gasteiger charge is -2.22. The second-order valence-electron chi connectivity index (χ2n) is 5.23. The van der Waals surface area contributed by atoms with Crippen molar-refractivity contribution in [2.75, 3.05) is 20.2 Å². The summed E-state index contributed by atoms with van der Waals surface area (Å²) in [6.07, 6.45) is 0.00864. The predicted molar refractivity (Wildman–Crippen MR) is 81.5 cm³/mol. The molecule has 1 aliphatic rings. The Kier molecular flexibility index (Phi) is 5.45. The maximum absolute atomic E-state index is 12.3. The number of halogens is 1. The Morgan fingerprint density at radius 2 is 2.33 bits per heavy atom. The minimum Gasteiger partial charge on any atom is -0.494 e. The predicted octanol–water partition coefficient (Wildman–Crippen LogP) is 1.42. The van der Waals surface area contributed by atoms with E-state index in [9.17, 15) is 9.90 Å². The lowest BCUT2D eigenvalue weighted by Crippen LogP contribution is -2.41. The summed E-state index contributed by atoms with van der Waals surface area (Å²) < 4.78 is 5.56. The first-order valence-electron chi connectivity index (χ1n) is 7.09. The molecular formula is C15H21ClN2O3. The van der Waals surface area contributed by atoms with Gasteiger partial charge in [0.1, 0.15) is 5.75 Å². The molecule has 21 heavy (non-hydrogen) atoms. The van der Waals surface area contributed by atoms with Crippen molar-refractivity contribution in [1.29, 1.82) is 0 Å². The zero-order valence-electron chi connectivity index (χ0n) is 12.3. The van der Waals surface area contributed by atoms with Crippen LogP contribution in [0, 0.1) is 0 Å². The third-order valence-corrected chi connectivity index (χ3v) is 3.75. The van der Waals surface area contributed by atoms with Gasteiger partial charge < -0.3 is 20.1 Å². The molecule has 1 aliphatic heterocycles. The Morgan fingerprint density at radius 3 is 2.95 bits per heavy atom. The van der Waals surface area contributed by atoms with Gasteiger partial charge in [-0.3, -0.25) is 4.79 Å². The summed E-state index contributed by atoms with van der Waals surface area (Å²) in [5.41, 5.74) is 0.874. The van der Waals surface area contributed by atoms with Crippen molar-refractivity contribution in [1.82, 2.24) is 10.2 Å². The monoisotopic (exact) mass is 312 g/mol. The fourth-order valence-electron chi connectivity index (χ4n) is 2.47. The van der Waals surface area contributed by atoms with E-state index in [1.54, 1.807) is 18.0 Å². The number of likely N-dealkylation sites (N-methyl/N-ethyl adjacent to an activating group) is 1. The normalized spacial score (nSPS) is 21.3. The molecular weight excluding hydrogens is 292 g/mol. The molecule has 1 fully saturated rings. The highest BCUT2D eigenvalue weighted by Crippen LogP contribution is 2.24. The molecule has 2 atom stereocenters. The van der Waals surface area contributed by atoms with E-state index < -0.39 is 6.10 Å². The number of carbonyl (C=O) groups is 1. The second kappa shape index (κ2) is 7.11. The molecule has 0 bridgehead atoms. The van der Waals surface area contributed by atoms with Crippen LogP contribution in [0.2, 0.25) is 5.02 Å². The summed E-state index contributed by atoms with van der Waals surface area (Å²) in [7, 11) is 1.74. The number of aliphatic hydroxyl groups excluding tert-OH is 1. The van der Waals surface area contributed by atoms with E-state index in [0.717, 1.165) is 11.3 Å². The van der Waals surface area contributed by atoms with Crippen molar-refractivity contribution in [3.63, 3.8) is 0 Å². The van der Waals surface area contributed by atoms with Crippen LogP contribution in [0.1, 0.15) is 18.9 Å². The zero-order valence-corrected chi connectivity index (χ0v) is 13.1. The van der Waals surface area contributed by atoms with Gasteiger partial charge in [0.2, 0.25) is 5.91 Å². The van der Waals surface area contributed by atoms with Gasteiger partial charge in [-0.2, -0.15) is 0 Å². The quantitative estimate of drug-likeness (QED) is 0.863. The van der Waals surface area contributed by atoms with Crippen LogP contribution in [-0.4, -0.2) is 48.3 Å². The maximum Gasteiger partial charge on any atom is 0.239 e. The van der Waals surface area contributed by atoms with Crippen molar-refractivity contribution in [3.8, 4) is 5.75 Å². The maximum atomic E-state index is 12.3. The Balaban J connectivity index is 2.06. The first-order valence-corrected chi connectivity index (χ1v) is 7.46. The molecule has 0 aromatic heterocycles. The highest BCUT2D eigenvalue weighted by Gasteiger charge is 2.30. The summed E-state index contributed by atoms with van der Waals surface area (Å²) in [4.78, 5) is 14.0. The molecule has 0 radical (unpaired) electrons. The van der Waals surface area contributed by atoms with Crippen LogP contribution < -0.4 is 10.1 Å². The molecule has 5 nitrogen and oxygen atoms in total. The summed E-state index contributed by atoms with van der Waals surface area (Å²) >= 11 is 6.02. The van der Waals surface area contributed by atoms with Crippen molar-refractivity contribution in [2.24, 2.45) is 0 Å². The number of amides is 1. The van der Waals surface area contributed by atoms with Crippen LogP contribution in [0.5, 0.6) is 5.75 Å². The minimum absolute atomic E-state index is 0.0334. The lowest BCUT2D eigenvalue weighted by atomic mass is 10.1. The molecule has 2 rings (SSSR count). The summed E-state index contributed by atoms with van der Waals surface area (Å²) in [5, 5.41) is 13.1. The molecule has 1 saturated heterocycles. The van der Waals surface area contributed by atoms with Crippen molar-refractivity contribution >= 4 is 17.5 Å². The van der Waals surface area contributed by atoms with Gasteiger partial charge in [-0.1, -0.05) is 11.6 Å². The Morgan fingerprint density at radius 1 is 1.57 bits per heavy atom. The minimum atomic E-state index is -0.447. The van der Waals surface area contributed by atoms with Crippen molar-refractivity contribution in [2.45, 2.75) is 32.0 Å².